The zero-order valence-corrected chi connectivity index (χ0v) is 16.9. The molecule has 2 aromatic carbocycles. The van der Waals surface area contributed by atoms with Gasteiger partial charge in [-0.1, -0.05) is 18.5 Å². The summed E-state index contributed by atoms with van der Waals surface area (Å²) in [6, 6.07) is 12.5. The van der Waals surface area contributed by atoms with Crippen LogP contribution in [0.1, 0.15) is 25.8 Å². The maximum absolute atomic E-state index is 12.5. The summed E-state index contributed by atoms with van der Waals surface area (Å²) in [4.78, 5) is 12.5. The van der Waals surface area contributed by atoms with Crippen LogP contribution in [0.3, 0.4) is 0 Å². The zero-order chi connectivity index (χ0) is 19.8. The van der Waals surface area contributed by atoms with Gasteiger partial charge in [0.05, 0.1) is 13.2 Å². The van der Waals surface area contributed by atoms with Gasteiger partial charge in [0.25, 0.3) is 5.91 Å². The van der Waals surface area contributed by atoms with Gasteiger partial charge in [-0.2, -0.15) is 0 Å². The fraction of sp³-hybridized carbons (Fsp3) is 0.381. The van der Waals surface area contributed by atoms with Crippen molar-refractivity contribution in [1.82, 2.24) is 5.32 Å². The monoisotopic (exact) mass is 391 g/mol. The minimum absolute atomic E-state index is 0.163. The van der Waals surface area contributed by atoms with Crippen molar-refractivity contribution in [3.05, 3.63) is 53.1 Å². The molecule has 0 aliphatic heterocycles. The number of benzene rings is 2. The van der Waals surface area contributed by atoms with Crippen LogP contribution in [0.25, 0.3) is 0 Å². The summed E-state index contributed by atoms with van der Waals surface area (Å²) in [6.45, 7) is 6.05. The number of hydrogen-bond donors (Lipinski definition) is 1. The molecule has 0 spiro atoms. The van der Waals surface area contributed by atoms with Gasteiger partial charge in [0.2, 0.25) is 0 Å². The van der Waals surface area contributed by atoms with Crippen LogP contribution < -0.4 is 19.5 Å². The Labute approximate surface area is 165 Å². The number of halogens is 1. The highest BCUT2D eigenvalue weighted by Crippen LogP contribution is 2.22. The number of amides is 1. The summed E-state index contributed by atoms with van der Waals surface area (Å²) < 4.78 is 16.6. The number of hydrogen-bond acceptors (Lipinski definition) is 4. The van der Waals surface area contributed by atoms with Crippen molar-refractivity contribution in [3.8, 4) is 17.2 Å². The van der Waals surface area contributed by atoms with E-state index in [4.69, 9.17) is 25.8 Å². The number of rotatable bonds is 9. The lowest BCUT2D eigenvalue weighted by Gasteiger charge is -2.21. The molecule has 0 saturated heterocycles. The van der Waals surface area contributed by atoms with Crippen LogP contribution in [-0.4, -0.2) is 31.8 Å². The maximum atomic E-state index is 12.5. The van der Waals surface area contributed by atoms with Crippen LogP contribution >= 0.6 is 11.6 Å². The van der Waals surface area contributed by atoms with E-state index in [1.807, 2.05) is 51.1 Å². The number of nitrogens with one attached hydrogen (secondary N) is 1. The van der Waals surface area contributed by atoms with E-state index < -0.39 is 6.10 Å². The van der Waals surface area contributed by atoms with Crippen molar-refractivity contribution >= 4 is 17.5 Å². The van der Waals surface area contributed by atoms with Gasteiger partial charge in [0.1, 0.15) is 23.9 Å². The summed E-state index contributed by atoms with van der Waals surface area (Å²) in [7, 11) is 1.62. The van der Waals surface area contributed by atoms with E-state index in [9.17, 15) is 4.79 Å². The lowest BCUT2D eigenvalue weighted by molar-refractivity contribution is -0.128. The van der Waals surface area contributed by atoms with E-state index in [2.05, 4.69) is 5.32 Å². The fourth-order valence-electron chi connectivity index (χ4n) is 2.45. The predicted molar refractivity (Wildman–Crippen MR) is 107 cm³/mol. The normalized spacial score (nSPS) is 12.8. The van der Waals surface area contributed by atoms with Crippen molar-refractivity contribution in [2.45, 2.75) is 39.3 Å². The van der Waals surface area contributed by atoms with Gasteiger partial charge >= 0.3 is 0 Å². The Bertz CT molecular complexity index is 748. The van der Waals surface area contributed by atoms with Crippen molar-refractivity contribution in [3.63, 3.8) is 0 Å². The third kappa shape index (κ3) is 6.36. The first-order chi connectivity index (χ1) is 12.9. The molecule has 0 aromatic heterocycles. The Balaban J connectivity index is 1.85. The average Bonchev–Trinajstić information content (AvgIpc) is 2.67. The molecule has 1 N–H and O–H groups in total. The second-order valence-corrected chi connectivity index (χ2v) is 6.73. The van der Waals surface area contributed by atoms with Crippen LogP contribution in [0.4, 0.5) is 0 Å². The molecule has 0 fully saturated rings. The number of aryl methyl sites for hydroxylation is 1. The SMILES string of the molecule is CC[C@@H](Oc1ccc(Cl)c(C)c1)C(=O)N[C@H](C)COc1ccc(OC)cc1. The molecular weight excluding hydrogens is 366 g/mol. The van der Waals surface area contributed by atoms with Gasteiger partial charge in [0.15, 0.2) is 6.10 Å². The predicted octanol–water partition coefficient (Wildman–Crippen LogP) is 4.40. The Kier molecular flexibility index (Phi) is 7.80. The number of carbonyl (C=O) groups is 1. The molecule has 6 heteroatoms. The summed E-state index contributed by atoms with van der Waals surface area (Å²) in [5, 5.41) is 3.60. The van der Waals surface area contributed by atoms with E-state index in [0.717, 1.165) is 17.1 Å². The van der Waals surface area contributed by atoms with Gasteiger partial charge in [0, 0.05) is 5.02 Å². The molecule has 0 heterocycles. The van der Waals surface area contributed by atoms with Gasteiger partial charge in [-0.15, -0.1) is 0 Å². The Hall–Kier alpha value is -2.40. The molecule has 0 unspecified atom stereocenters. The second-order valence-electron chi connectivity index (χ2n) is 6.32. The highest BCUT2D eigenvalue weighted by atomic mass is 35.5. The minimum atomic E-state index is -0.575. The van der Waals surface area contributed by atoms with Crippen LogP contribution in [0, 0.1) is 6.92 Å². The Morgan fingerprint density at radius 1 is 1.11 bits per heavy atom. The topological polar surface area (TPSA) is 56.8 Å². The molecule has 146 valence electrons. The standard InChI is InChI=1S/C21H26ClNO4/c1-5-20(27-18-10-11-19(22)14(2)12-18)21(24)23-15(3)13-26-17-8-6-16(25-4)7-9-17/h6-12,15,20H,5,13H2,1-4H3,(H,23,24)/t15-,20-/m1/s1. The van der Waals surface area contributed by atoms with Gasteiger partial charge in [-0.3, -0.25) is 4.79 Å². The van der Waals surface area contributed by atoms with Crippen molar-refractivity contribution < 1.29 is 19.0 Å². The first-order valence-electron chi connectivity index (χ1n) is 8.93. The minimum Gasteiger partial charge on any atom is -0.497 e. The lowest BCUT2D eigenvalue weighted by atomic mass is 10.2. The Morgan fingerprint density at radius 3 is 2.33 bits per heavy atom. The van der Waals surface area contributed by atoms with E-state index in [-0.39, 0.29) is 11.9 Å². The molecule has 2 aromatic rings. The molecule has 5 nitrogen and oxygen atoms in total. The van der Waals surface area contributed by atoms with Crippen LogP contribution in [0.5, 0.6) is 17.2 Å². The van der Waals surface area contributed by atoms with Crippen LogP contribution in [0.2, 0.25) is 5.02 Å². The quantitative estimate of drug-likeness (QED) is 0.688. The van der Waals surface area contributed by atoms with Gasteiger partial charge < -0.3 is 19.5 Å². The Morgan fingerprint density at radius 2 is 1.74 bits per heavy atom. The van der Waals surface area contributed by atoms with E-state index >= 15 is 0 Å². The van der Waals surface area contributed by atoms with E-state index in [1.54, 1.807) is 19.2 Å². The summed E-state index contributed by atoms with van der Waals surface area (Å²) >= 11 is 6.03. The van der Waals surface area contributed by atoms with Gasteiger partial charge in [-0.25, -0.2) is 0 Å². The lowest BCUT2D eigenvalue weighted by Crippen LogP contribution is -2.44. The molecule has 2 rings (SSSR count). The van der Waals surface area contributed by atoms with E-state index in [1.165, 1.54) is 0 Å². The first kappa shape index (κ1) is 20.9. The molecule has 0 aliphatic carbocycles. The summed E-state index contributed by atoms with van der Waals surface area (Å²) in [5.41, 5.74) is 0.908. The fourth-order valence-corrected chi connectivity index (χ4v) is 2.57. The van der Waals surface area contributed by atoms with Crippen molar-refractivity contribution in [1.29, 1.82) is 0 Å². The molecule has 27 heavy (non-hydrogen) atoms. The smallest absolute Gasteiger partial charge is 0.261 e. The highest BCUT2D eigenvalue weighted by molar-refractivity contribution is 6.31. The van der Waals surface area contributed by atoms with Crippen LogP contribution in [0.15, 0.2) is 42.5 Å². The van der Waals surface area contributed by atoms with Crippen molar-refractivity contribution in [2.75, 3.05) is 13.7 Å². The number of methoxy groups -OCH3 is 1. The molecule has 0 aliphatic rings. The summed E-state index contributed by atoms with van der Waals surface area (Å²) in [6.07, 6.45) is -0.0199. The third-order valence-electron chi connectivity index (χ3n) is 4.02. The average molecular weight is 392 g/mol. The van der Waals surface area contributed by atoms with Crippen LogP contribution in [-0.2, 0) is 4.79 Å². The second kappa shape index (κ2) is 10.1. The van der Waals surface area contributed by atoms with Crippen molar-refractivity contribution in [2.24, 2.45) is 0 Å². The third-order valence-corrected chi connectivity index (χ3v) is 4.44. The number of carbonyl (C=O) groups excluding carboxylic acids is 1. The first-order valence-corrected chi connectivity index (χ1v) is 9.30. The molecule has 0 bridgehead atoms. The molecule has 0 radical (unpaired) electrons. The molecule has 1 amide bonds. The highest BCUT2D eigenvalue weighted by Gasteiger charge is 2.20. The molecule has 0 saturated carbocycles. The number of ether oxygens (including phenoxy) is 3. The molecular formula is C21H26ClNO4. The zero-order valence-electron chi connectivity index (χ0n) is 16.1. The molecule has 2 atom stereocenters. The van der Waals surface area contributed by atoms with Gasteiger partial charge in [-0.05, 0) is 68.3 Å². The van der Waals surface area contributed by atoms with E-state index in [0.29, 0.717) is 23.8 Å². The summed E-state index contributed by atoms with van der Waals surface area (Å²) in [5.74, 6) is 1.94. The largest absolute Gasteiger partial charge is 0.497 e. The maximum Gasteiger partial charge on any atom is 0.261 e.